The summed E-state index contributed by atoms with van der Waals surface area (Å²) in [5, 5.41) is 16.9. The molecule has 0 fully saturated rings. The van der Waals surface area contributed by atoms with Crippen molar-refractivity contribution in [2.75, 3.05) is 0 Å². The van der Waals surface area contributed by atoms with Gasteiger partial charge in [-0.05, 0) is 35.9 Å². The van der Waals surface area contributed by atoms with Crippen molar-refractivity contribution in [1.82, 2.24) is 16.0 Å². The van der Waals surface area contributed by atoms with E-state index >= 15 is 0 Å². The Morgan fingerprint density at radius 3 is 2.00 bits per heavy atom. The van der Waals surface area contributed by atoms with E-state index in [0.717, 1.165) is 18.4 Å². The first kappa shape index (κ1) is 31.1. The molecule has 3 amide bonds. The number of aliphatic carboxylic acids is 1. The summed E-state index contributed by atoms with van der Waals surface area (Å²) in [4.78, 5) is 57.2. The van der Waals surface area contributed by atoms with E-state index in [0.29, 0.717) is 19.3 Å². The molecule has 0 radical (unpaired) electrons. The van der Waals surface area contributed by atoms with Crippen LogP contribution in [0.15, 0.2) is 30.3 Å². The third-order valence-corrected chi connectivity index (χ3v) is 4.67. The topological polar surface area (TPSA) is 142 Å². The average Bonchev–Trinajstić information content (AvgIpc) is 2.75. The van der Waals surface area contributed by atoms with E-state index in [1.807, 2.05) is 26.8 Å². The van der Waals surface area contributed by atoms with Crippen LogP contribution in [-0.2, 0) is 30.4 Å². The third kappa shape index (κ3) is 14.3. The van der Waals surface area contributed by atoms with Gasteiger partial charge in [-0.15, -0.1) is 0 Å². The lowest BCUT2D eigenvalue weighted by Gasteiger charge is -2.25. The summed E-state index contributed by atoms with van der Waals surface area (Å²) in [6.45, 7) is 7.08. The Bertz CT molecular complexity index is 784. The Morgan fingerprint density at radius 2 is 1.53 bits per heavy atom. The predicted octanol–water partition coefficient (Wildman–Crippen LogP) is 2.41. The second kappa shape index (κ2) is 17.5. The monoisotopic (exact) mass is 497 g/mol. The number of unbranched alkanes of at least 4 members (excludes halogenated alkanes) is 1. The first-order chi connectivity index (χ1) is 16.0. The lowest BCUT2D eigenvalue weighted by Crippen LogP contribution is -2.55. The molecule has 0 bridgehead atoms. The highest BCUT2D eigenvalue weighted by atomic mass is 35.5. The van der Waals surface area contributed by atoms with Gasteiger partial charge < -0.3 is 21.1 Å². The number of amides is 3. The molecular weight excluding hydrogens is 462 g/mol. The number of carbonyl (C=O) groups excluding carboxylic acids is 4. The second-order valence-electron chi connectivity index (χ2n) is 8.23. The van der Waals surface area contributed by atoms with Crippen molar-refractivity contribution in [1.29, 1.82) is 0 Å². The van der Waals surface area contributed by atoms with E-state index < -0.39 is 35.9 Å². The standard InChI is InChI=1S/C22H33N3O5.C2H3ClO/c1-4-5-11-17(23-14-26)20(27)24-18(12-15(2)3)21(28)25-19(22(29)30)13-16-9-7-6-8-10-16;1-2(3)4/h6-10,14-15,17-19H,4-5,11-13H2,1-3H3,(H,23,26)(H,24,27)(H,25,28)(H,29,30);1H3/t17-,18-,19-;/m0./s1. The summed E-state index contributed by atoms with van der Waals surface area (Å²) in [7, 11) is 0. The molecular formula is C24H36ClN3O6. The minimum atomic E-state index is -1.15. The number of hydrogen-bond acceptors (Lipinski definition) is 5. The Balaban J connectivity index is 0.00000251. The van der Waals surface area contributed by atoms with Gasteiger partial charge in [-0.2, -0.15) is 0 Å². The molecule has 0 saturated carbocycles. The number of carboxylic acid groups (broad SMARTS) is 1. The van der Waals surface area contributed by atoms with Crippen LogP contribution in [-0.4, -0.2) is 52.7 Å². The van der Waals surface area contributed by atoms with Crippen LogP contribution in [0, 0.1) is 5.92 Å². The zero-order valence-corrected chi connectivity index (χ0v) is 20.9. The number of rotatable bonds is 14. The van der Waals surface area contributed by atoms with Crippen molar-refractivity contribution in [2.24, 2.45) is 5.92 Å². The third-order valence-electron chi connectivity index (χ3n) is 4.67. The molecule has 1 rings (SSSR count). The Morgan fingerprint density at radius 1 is 1.00 bits per heavy atom. The van der Waals surface area contributed by atoms with E-state index in [2.05, 4.69) is 27.6 Å². The lowest BCUT2D eigenvalue weighted by atomic mass is 10.0. The number of benzene rings is 1. The molecule has 0 heterocycles. The molecule has 1 aromatic rings. The fourth-order valence-electron chi connectivity index (χ4n) is 3.08. The van der Waals surface area contributed by atoms with E-state index in [4.69, 9.17) is 0 Å². The Hall–Kier alpha value is -2.94. The predicted molar refractivity (Wildman–Crippen MR) is 130 cm³/mol. The smallest absolute Gasteiger partial charge is 0.326 e. The fourth-order valence-corrected chi connectivity index (χ4v) is 3.08. The zero-order chi connectivity index (χ0) is 26.1. The van der Waals surface area contributed by atoms with Crippen LogP contribution in [0.1, 0.15) is 58.9 Å². The zero-order valence-electron chi connectivity index (χ0n) is 20.2. The highest BCUT2D eigenvalue weighted by molar-refractivity contribution is 6.62. The van der Waals surface area contributed by atoms with Gasteiger partial charge in [-0.3, -0.25) is 19.2 Å². The molecule has 34 heavy (non-hydrogen) atoms. The van der Waals surface area contributed by atoms with Gasteiger partial charge in [0.25, 0.3) is 0 Å². The molecule has 0 aliphatic heterocycles. The summed E-state index contributed by atoms with van der Waals surface area (Å²) in [5.41, 5.74) is 0.782. The highest BCUT2D eigenvalue weighted by Gasteiger charge is 2.29. The van der Waals surface area contributed by atoms with E-state index in [1.165, 1.54) is 6.92 Å². The number of carboxylic acids is 1. The van der Waals surface area contributed by atoms with Crippen molar-refractivity contribution in [2.45, 2.75) is 77.9 Å². The van der Waals surface area contributed by atoms with Gasteiger partial charge in [-0.25, -0.2) is 4.79 Å². The summed E-state index contributed by atoms with van der Waals surface area (Å²) in [5.74, 6) is -2.07. The maximum absolute atomic E-state index is 12.8. The van der Waals surface area contributed by atoms with Crippen molar-refractivity contribution in [3.05, 3.63) is 35.9 Å². The van der Waals surface area contributed by atoms with Gasteiger partial charge >= 0.3 is 5.97 Å². The normalized spacial score (nSPS) is 12.9. The van der Waals surface area contributed by atoms with E-state index in [1.54, 1.807) is 24.3 Å². The van der Waals surface area contributed by atoms with Crippen molar-refractivity contribution in [3.63, 3.8) is 0 Å². The van der Waals surface area contributed by atoms with Crippen LogP contribution in [0.5, 0.6) is 0 Å². The molecule has 0 aliphatic rings. The van der Waals surface area contributed by atoms with Crippen molar-refractivity contribution in [3.8, 4) is 0 Å². The summed E-state index contributed by atoms with van der Waals surface area (Å²) < 4.78 is 0. The van der Waals surface area contributed by atoms with E-state index in [-0.39, 0.29) is 17.6 Å². The van der Waals surface area contributed by atoms with Crippen LogP contribution in [0.4, 0.5) is 0 Å². The molecule has 9 nitrogen and oxygen atoms in total. The molecule has 0 unspecified atom stereocenters. The van der Waals surface area contributed by atoms with Crippen LogP contribution in [0.3, 0.4) is 0 Å². The van der Waals surface area contributed by atoms with Crippen LogP contribution >= 0.6 is 11.6 Å². The van der Waals surface area contributed by atoms with Gasteiger partial charge in [0.05, 0.1) is 0 Å². The minimum absolute atomic E-state index is 0.0894. The number of nitrogens with one attached hydrogen (secondary N) is 3. The van der Waals surface area contributed by atoms with E-state index in [9.17, 15) is 29.1 Å². The highest BCUT2D eigenvalue weighted by Crippen LogP contribution is 2.09. The fraction of sp³-hybridized carbons (Fsp3) is 0.542. The number of hydrogen-bond donors (Lipinski definition) is 4. The van der Waals surface area contributed by atoms with Gasteiger partial charge in [0.1, 0.15) is 18.1 Å². The molecule has 3 atom stereocenters. The molecule has 0 saturated heterocycles. The minimum Gasteiger partial charge on any atom is -0.480 e. The summed E-state index contributed by atoms with van der Waals surface area (Å²) >= 11 is 4.64. The molecule has 190 valence electrons. The quantitative estimate of drug-likeness (QED) is 0.230. The molecule has 0 aromatic heterocycles. The van der Waals surface area contributed by atoms with Crippen LogP contribution < -0.4 is 16.0 Å². The maximum Gasteiger partial charge on any atom is 0.326 e. The molecule has 4 N–H and O–H groups in total. The Kier molecular flexibility index (Phi) is 16.0. The number of carbonyl (C=O) groups is 5. The SMILES string of the molecule is CC(=O)Cl.CCCC[C@H](NC=O)C(=O)N[C@@H](CC(C)C)C(=O)N[C@@H](Cc1ccccc1)C(=O)O. The van der Waals surface area contributed by atoms with Crippen LogP contribution in [0.25, 0.3) is 0 Å². The van der Waals surface area contributed by atoms with Gasteiger partial charge in [0, 0.05) is 13.3 Å². The average molecular weight is 498 g/mol. The maximum atomic E-state index is 12.8. The molecule has 0 aliphatic carbocycles. The van der Waals surface area contributed by atoms with Crippen LogP contribution in [0.2, 0.25) is 0 Å². The first-order valence-electron chi connectivity index (χ1n) is 11.2. The molecule has 1 aromatic carbocycles. The van der Waals surface area contributed by atoms with Gasteiger partial charge in [0.2, 0.25) is 23.5 Å². The first-order valence-corrected chi connectivity index (χ1v) is 11.6. The largest absolute Gasteiger partial charge is 0.480 e. The number of halogens is 1. The molecule has 10 heteroatoms. The lowest BCUT2D eigenvalue weighted by molar-refractivity contribution is -0.142. The Labute approximate surface area is 206 Å². The molecule has 0 spiro atoms. The summed E-state index contributed by atoms with van der Waals surface area (Å²) in [6.07, 6.45) is 3.02. The van der Waals surface area contributed by atoms with Crippen molar-refractivity contribution >= 4 is 41.0 Å². The van der Waals surface area contributed by atoms with Gasteiger partial charge in [0.15, 0.2) is 0 Å². The summed E-state index contributed by atoms with van der Waals surface area (Å²) in [6, 6.07) is 6.27. The van der Waals surface area contributed by atoms with Crippen molar-refractivity contribution < 1.29 is 29.1 Å². The van der Waals surface area contributed by atoms with Gasteiger partial charge in [-0.1, -0.05) is 63.9 Å². The second-order valence-corrected chi connectivity index (χ2v) is 8.76.